The highest BCUT2D eigenvalue weighted by molar-refractivity contribution is 6.12. The first-order valence-electron chi connectivity index (χ1n) is 22.2. The molecule has 20 nitrogen and oxygen atoms in total. The second-order valence-electron chi connectivity index (χ2n) is 17.2. The summed E-state index contributed by atoms with van der Waals surface area (Å²) in [6.07, 6.45) is 4.85. The Bertz CT molecular complexity index is 2680. The van der Waals surface area contributed by atoms with Crippen LogP contribution in [-0.4, -0.2) is 105 Å². The van der Waals surface area contributed by atoms with Gasteiger partial charge < -0.3 is 45.7 Å². The van der Waals surface area contributed by atoms with Crippen LogP contribution in [-0.2, 0) is 73.0 Å². The zero-order valence-corrected chi connectivity index (χ0v) is 37.8. The molecule has 0 saturated carbocycles. The van der Waals surface area contributed by atoms with Crippen molar-refractivity contribution >= 4 is 58.2 Å². The van der Waals surface area contributed by atoms with E-state index in [2.05, 4.69) is 26.6 Å². The molecule has 21 heteroatoms. The van der Waals surface area contributed by atoms with Crippen molar-refractivity contribution in [2.24, 2.45) is 0 Å². The predicted octanol–water partition coefficient (Wildman–Crippen LogP) is 0.720. The minimum absolute atomic E-state index is 0.0420. The van der Waals surface area contributed by atoms with E-state index in [-0.39, 0.29) is 61.4 Å². The zero-order chi connectivity index (χ0) is 48.5. The summed E-state index contributed by atoms with van der Waals surface area (Å²) < 4.78 is 27.4. The molecule has 1 aromatic carbocycles. The molecule has 6 N–H and O–H groups in total. The average Bonchev–Trinajstić information content (AvgIpc) is 3.83. The van der Waals surface area contributed by atoms with E-state index in [1.165, 1.54) is 43.6 Å². The molecule has 0 radical (unpaired) electrons. The summed E-state index contributed by atoms with van der Waals surface area (Å²) in [5.74, 6) is -4.93. The SMILES string of the molecule is CC[C@@]1(O)C(=O)OCc2c1cc1n(c2=O)Cc2c-1nc1cc(F)c(C)c3c1c2[C@@H](NC(=O)COCNC(=O)[C@H](C)NC(=O)[C@H](C)NC(=O)[C@H](C)NC(=O)CCCCCN1C(=O)C=CC1=O)CC3. The normalized spacial score (nSPS) is 19.2. The number of nitrogens with zero attached hydrogens (tertiary/aromatic N) is 3. The first-order chi connectivity index (χ1) is 31.8. The second-order valence-corrected chi connectivity index (χ2v) is 17.2. The maximum absolute atomic E-state index is 15.3. The van der Waals surface area contributed by atoms with Gasteiger partial charge in [-0.2, -0.15) is 0 Å². The number of aryl methyl sites for hydroxylation is 1. The van der Waals surface area contributed by atoms with Crippen molar-refractivity contribution in [2.75, 3.05) is 19.9 Å². The van der Waals surface area contributed by atoms with Crippen LogP contribution in [0.5, 0.6) is 0 Å². The molecule has 7 rings (SSSR count). The number of aliphatic hydroxyl groups is 1. The first kappa shape index (κ1) is 48.1. The quantitative estimate of drug-likeness (QED) is 0.0348. The standard InChI is InChI=1S/C46H53FN8O12/c1-6-46(65)29-16-33-40-27(18-55(33)44(63)28(29)19-67-45(46)64)39-31(12-11-26-22(2)30(47)17-32(53-40)38(26)39)52-35(57)20-66-21-48-41(60)23(3)50-43(62)25(5)51-42(61)24(4)49-34(56)10-8-7-9-15-54-36(58)13-14-37(54)59/h13-14,16-17,23-25,31,65H,6-12,15,18-21H2,1-5H3,(H,48,60)(H,49,56)(H,50,62)(H,51,61)(H,52,57)/t23-,24-,25-,31-,46-/m0/s1. The molecule has 1 aliphatic carbocycles. The number of hydrogen-bond acceptors (Lipinski definition) is 13. The van der Waals surface area contributed by atoms with Gasteiger partial charge in [-0.3, -0.25) is 43.3 Å². The number of fused-ring (bicyclic) bond motifs is 5. The van der Waals surface area contributed by atoms with Crippen molar-refractivity contribution in [1.82, 2.24) is 41.0 Å². The summed E-state index contributed by atoms with van der Waals surface area (Å²) in [4.78, 5) is 120. The van der Waals surface area contributed by atoms with Gasteiger partial charge in [-0.1, -0.05) is 13.3 Å². The van der Waals surface area contributed by atoms with Crippen molar-refractivity contribution in [3.8, 4) is 11.4 Å². The van der Waals surface area contributed by atoms with Crippen LogP contribution in [0.3, 0.4) is 0 Å². The Hall–Kier alpha value is -6.87. The van der Waals surface area contributed by atoms with Crippen LogP contribution in [0.15, 0.2) is 29.1 Å². The highest BCUT2D eigenvalue weighted by atomic mass is 19.1. The Kier molecular flexibility index (Phi) is 14.0. The van der Waals surface area contributed by atoms with Gasteiger partial charge in [0.15, 0.2) is 5.60 Å². The van der Waals surface area contributed by atoms with Crippen molar-refractivity contribution in [3.63, 3.8) is 0 Å². The van der Waals surface area contributed by atoms with E-state index in [1.54, 1.807) is 19.9 Å². The van der Waals surface area contributed by atoms with Gasteiger partial charge in [0.05, 0.1) is 35.1 Å². The van der Waals surface area contributed by atoms with E-state index >= 15 is 4.39 Å². The number of rotatable bonds is 18. The van der Waals surface area contributed by atoms with Crippen LogP contribution in [0.4, 0.5) is 4.39 Å². The third-order valence-corrected chi connectivity index (χ3v) is 12.8. The molecule has 3 aliphatic heterocycles. The molecule has 2 aromatic heterocycles. The van der Waals surface area contributed by atoms with Crippen LogP contribution in [0.2, 0.25) is 0 Å². The van der Waals surface area contributed by atoms with Crippen molar-refractivity contribution < 1.29 is 57.3 Å². The summed E-state index contributed by atoms with van der Waals surface area (Å²) >= 11 is 0. The van der Waals surface area contributed by atoms with Crippen molar-refractivity contribution in [2.45, 2.75) is 122 Å². The topological polar surface area (TPSA) is 274 Å². The molecule has 356 valence electrons. The van der Waals surface area contributed by atoms with Gasteiger partial charge in [-0.25, -0.2) is 14.2 Å². The molecule has 7 amide bonds. The van der Waals surface area contributed by atoms with Gasteiger partial charge in [0.25, 0.3) is 17.4 Å². The molecular weight excluding hydrogens is 876 g/mol. The van der Waals surface area contributed by atoms with Gasteiger partial charge in [0.1, 0.15) is 43.9 Å². The number of unbranched alkanes of at least 4 members (excludes halogenated alkanes) is 2. The molecule has 0 unspecified atom stereocenters. The Morgan fingerprint density at radius 3 is 2.27 bits per heavy atom. The average molecular weight is 929 g/mol. The summed E-state index contributed by atoms with van der Waals surface area (Å²) in [7, 11) is 0. The number of pyridine rings is 2. The molecule has 0 saturated heterocycles. The Balaban J connectivity index is 0.890. The molecule has 0 fully saturated rings. The highest BCUT2D eigenvalue weighted by Gasteiger charge is 2.46. The van der Waals surface area contributed by atoms with Crippen LogP contribution in [0.25, 0.3) is 22.3 Å². The smallest absolute Gasteiger partial charge is 0.343 e. The van der Waals surface area contributed by atoms with E-state index in [9.17, 15) is 48.3 Å². The monoisotopic (exact) mass is 928 g/mol. The third kappa shape index (κ3) is 9.55. The Morgan fingerprint density at radius 1 is 0.910 bits per heavy atom. The first-order valence-corrected chi connectivity index (χ1v) is 22.2. The van der Waals surface area contributed by atoms with Gasteiger partial charge in [0.2, 0.25) is 29.5 Å². The number of esters is 1. The zero-order valence-electron chi connectivity index (χ0n) is 37.8. The maximum atomic E-state index is 15.3. The molecule has 0 spiro atoms. The number of benzene rings is 1. The Morgan fingerprint density at radius 2 is 1.58 bits per heavy atom. The largest absolute Gasteiger partial charge is 0.458 e. The number of ether oxygens (including phenoxy) is 2. The molecule has 3 aromatic rings. The van der Waals surface area contributed by atoms with Crippen LogP contribution >= 0.6 is 0 Å². The lowest BCUT2D eigenvalue weighted by Gasteiger charge is -2.31. The lowest BCUT2D eigenvalue weighted by molar-refractivity contribution is -0.172. The number of aromatic nitrogens is 2. The summed E-state index contributed by atoms with van der Waals surface area (Å²) in [6.45, 7) is 6.69. The molecule has 5 atom stereocenters. The number of cyclic esters (lactones) is 1. The fraction of sp³-hybridized carbons (Fsp3) is 0.478. The maximum Gasteiger partial charge on any atom is 0.343 e. The molecular formula is C46H53FN8O12. The van der Waals surface area contributed by atoms with Crippen molar-refractivity contribution in [1.29, 1.82) is 0 Å². The fourth-order valence-electron chi connectivity index (χ4n) is 8.92. The summed E-state index contributed by atoms with van der Waals surface area (Å²) in [5, 5.41) is 25.0. The number of amides is 7. The number of nitrogens with one attached hydrogen (secondary N) is 5. The summed E-state index contributed by atoms with van der Waals surface area (Å²) in [5.41, 5.74) is 1.25. The van der Waals surface area contributed by atoms with Crippen molar-refractivity contribution in [3.05, 3.63) is 73.8 Å². The van der Waals surface area contributed by atoms with Crippen LogP contribution in [0.1, 0.15) is 106 Å². The summed E-state index contributed by atoms with van der Waals surface area (Å²) in [6, 6.07) is -0.852. The minimum atomic E-state index is -2.04. The highest BCUT2D eigenvalue weighted by Crippen LogP contribution is 2.46. The molecule has 67 heavy (non-hydrogen) atoms. The lowest BCUT2D eigenvalue weighted by atomic mass is 9.81. The number of imide groups is 1. The van der Waals surface area contributed by atoms with Crippen LogP contribution < -0.4 is 32.1 Å². The lowest BCUT2D eigenvalue weighted by Crippen LogP contribution is -2.54. The number of halogens is 1. The second kappa shape index (κ2) is 19.5. The van der Waals surface area contributed by atoms with E-state index in [0.717, 1.165) is 10.5 Å². The Labute approximate surface area is 383 Å². The number of carbonyl (C=O) groups excluding carboxylic acids is 8. The van der Waals surface area contributed by atoms with E-state index < -0.39 is 84.1 Å². The predicted molar refractivity (Wildman–Crippen MR) is 235 cm³/mol. The third-order valence-electron chi connectivity index (χ3n) is 12.8. The minimum Gasteiger partial charge on any atom is -0.458 e. The molecule has 5 heterocycles. The number of hydrogen-bond donors (Lipinski definition) is 6. The van der Waals surface area contributed by atoms with Gasteiger partial charge >= 0.3 is 5.97 Å². The molecule has 4 aliphatic rings. The number of carbonyl (C=O) groups is 8. The van der Waals surface area contributed by atoms with E-state index in [0.29, 0.717) is 71.1 Å². The van der Waals surface area contributed by atoms with E-state index in [1.807, 2.05) is 0 Å². The van der Waals surface area contributed by atoms with Gasteiger partial charge in [-0.15, -0.1) is 0 Å². The van der Waals surface area contributed by atoms with Gasteiger partial charge in [-0.05, 0) is 82.6 Å². The molecule has 0 bridgehead atoms. The van der Waals surface area contributed by atoms with E-state index in [4.69, 9.17) is 14.5 Å². The fourth-order valence-corrected chi connectivity index (χ4v) is 8.92. The van der Waals surface area contributed by atoms with Crippen LogP contribution in [0, 0.1) is 12.7 Å². The van der Waals surface area contributed by atoms with Gasteiger partial charge in [0, 0.05) is 47.7 Å².